The van der Waals surface area contributed by atoms with E-state index in [0.29, 0.717) is 12.6 Å². The van der Waals surface area contributed by atoms with Crippen molar-refractivity contribution in [2.45, 2.75) is 32.7 Å². The van der Waals surface area contributed by atoms with E-state index in [4.69, 9.17) is 5.26 Å². The lowest BCUT2D eigenvalue weighted by Crippen LogP contribution is -2.33. The minimum absolute atomic E-state index is 0.175. The van der Waals surface area contributed by atoms with Gasteiger partial charge in [-0.2, -0.15) is 5.26 Å². The molecule has 0 saturated carbocycles. The predicted molar refractivity (Wildman–Crippen MR) is 88.4 cm³/mol. The molecule has 2 heterocycles. The molecule has 1 atom stereocenters. The number of likely N-dealkylation sites (N-methyl/N-ethyl adjacent to an activating group) is 1. The zero-order valence-corrected chi connectivity index (χ0v) is 14.3. The highest BCUT2D eigenvalue weighted by Crippen LogP contribution is 2.25. The second-order valence-corrected chi connectivity index (χ2v) is 6.10. The fourth-order valence-electron chi connectivity index (χ4n) is 2.69. The van der Waals surface area contributed by atoms with E-state index < -0.39 is 0 Å². The van der Waals surface area contributed by atoms with E-state index in [1.165, 1.54) is 0 Å². The van der Waals surface area contributed by atoms with Gasteiger partial charge in [0.25, 0.3) is 5.91 Å². The average molecular weight is 316 g/mol. The number of hydrogen-bond acceptors (Lipinski definition) is 6. The number of nitrogens with zero attached hydrogens (tertiary/aromatic N) is 5. The van der Waals surface area contributed by atoms with Crippen LogP contribution in [0.3, 0.4) is 0 Å². The van der Waals surface area contributed by atoms with Crippen LogP contribution in [0.15, 0.2) is 0 Å². The van der Waals surface area contributed by atoms with Gasteiger partial charge in [0.1, 0.15) is 5.82 Å². The van der Waals surface area contributed by atoms with E-state index in [1.807, 2.05) is 19.9 Å². The molecule has 23 heavy (non-hydrogen) atoms. The van der Waals surface area contributed by atoms with Gasteiger partial charge in [0, 0.05) is 36.9 Å². The number of aryl methyl sites for hydroxylation is 1. The van der Waals surface area contributed by atoms with Crippen molar-refractivity contribution in [1.82, 2.24) is 20.2 Å². The van der Waals surface area contributed by atoms with Gasteiger partial charge in [-0.05, 0) is 34.4 Å². The standard InChI is InChI=1S/C16H24N6O/c1-11-12(2)19-14(16(23)18-8-5-7-17)20-15(11)22-9-6-13(10-22)21(3)4/h13H,5-6,8-10H2,1-4H3,(H,18,23)/t13-/m1/s1. The maximum absolute atomic E-state index is 12.2. The Morgan fingerprint density at radius 3 is 2.78 bits per heavy atom. The highest BCUT2D eigenvalue weighted by Gasteiger charge is 2.27. The molecule has 1 fully saturated rings. The summed E-state index contributed by atoms with van der Waals surface area (Å²) in [6.07, 6.45) is 1.36. The molecule has 2 rings (SSSR count). The molecule has 1 aliphatic rings. The zero-order chi connectivity index (χ0) is 17.0. The van der Waals surface area contributed by atoms with Gasteiger partial charge in [0.15, 0.2) is 0 Å². The fraction of sp³-hybridized carbons (Fsp3) is 0.625. The third-order valence-electron chi connectivity index (χ3n) is 4.28. The number of amides is 1. The summed E-state index contributed by atoms with van der Waals surface area (Å²) in [4.78, 5) is 25.4. The summed E-state index contributed by atoms with van der Waals surface area (Å²) >= 11 is 0. The number of hydrogen-bond donors (Lipinski definition) is 1. The number of rotatable bonds is 5. The summed E-state index contributed by atoms with van der Waals surface area (Å²) in [6.45, 7) is 6.03. The average Bonchev–Trinajstić information content (AvgIpc) is 3.00. The Morgan fingerprint density at radius 1 is 1.43 bits per heavy atom. The van der Waals surface area contributed by atoms with Crippen LogP contribution in [0.4, 0.5) is 5.82 Å². The van der Waals surface area contributed by atoms with Crippen LogP contribution in [0.2, 0.25) is 0 Å². The molecule has 1 aliphatic heterocycles. The number of aromatic nitrogens is 2. The molecule has 1 amide bonds. The molecule has 124 valence electrons. The van der Waals surface area contributed by atoms with E-state index in [-0.39, 0.29) is 18.2 Å². The lowest BCUT2D eigenvalue weighted by Gasteiger charge is -2.23. The molecule has 1 aromatic rings. The van der Waals surface area contributed by atoms with Crippen LogP contribution in [0.25, 0.3) is 0 Å². The van der Waals surface area contributed by atoms with E-state index in [2.05, 4.69) is 39.2 Å². The van der Waals surface area contributed by atoms with Crippen molar-refractivity contribution in [3.8, 4) is 6.07 Å². The molecule has 1 saturated heterocycles. The largest absolute Gasteiger partial charge is 0.355 e. The van der Waals surface area contributed by atoms with Gasteiger partial charge < -0.3 is 15.1 Å². The first kappa shape index (κ1) is 17.2. The van der Waals surface area contributed by atoms with Crippen molar-refractivity contribution >= 4 is 11.7 Å². The summed E-state index contributed by atoms with van der Waals surface area (Å²) in [7, 11) is 4.17. The summed E-state index contributed by atoms with van der Waals surface area (Å²) in [6, 6.07) is 2.50. The lowest BCUT2D eigenvalue weighted by molar-refractivity contribution is 0.0944. The highest BCUT2D eigenvalue weighted by atomic mass is 16.2. The molecule has 0 unspecified atom stereocenters. The van der Waals surface area contributed by atoms with E-state index in [9.17, 15) is 4.79 Å². The maximum Gasteiger partial charge on any atom is 0.289 e. The molecule has 0 radical (unpaired) electrons. The SMILES string of the molecule is Cc1nc(C(=O)NCCC#N)nc(N2CC[C@@H](N(C)C)C2)c1C. The van der Waals surface area contributed by atoms with Crippen LogP contribution in [0.1, 0.15) is 34.7 Å². The van der Waals surface area contributed by atoms with Gasteiger partial charge in [-0.25, -0.2) is 9.97 Å². The molecule has 0 bridgehead atoms. The van der Waals surface area contributed by atoms with E-state index in [0.717, 1.165) is 36.6 Å². The normalized spacial score (nSPS) is 17.4. The predicted octanol–water partition coefficient (Wildman–Crippen LogP) is 0.877. The minimum atomic E-state index is -0.326. The van der Waals surface area contributed by atoms with Crippen LogP contribution in [-0.2, 0) is 0 Å². The molecule has 1 N–H and O–H groups in total. The molecule has 0 aromatic carbocycles. The molecule has 1 aromatic heterocycles. The quantitative estimate of drug-likeness (QED) is 0.812. The number of carbonyl (C=O) groups excluding carboxylic acids is 1. The monoisotopic (exact) mass is 316 g/mol. The molecule has 7 nitrogen and oxygen atoms in total. The fourth-order valence-corrected chi connectivity index (χ4v) is 2.69. The minimum Gasteiger partial charge on any atom is -0.355 e. The van der Waals surface area contributed by atoms with Crippen molar-refractivity contribution < 1.29 is 4.79 Å². The molecule has 0 spiro atoms. The number of carbonyl (C=O) groups is 1. The van der Waals surface area contributed by atoms with Crippen molar-refractivity contribution in [2.24, 2.45) is 0 Å². The third kappa shape index (κ3) is 3.96. The highest BCUT2D eigenvalue weighted by molar-refractivity contribution is 5.91. The van der Waals surface area contributed by atoms with E-state index in [1.54, 1.807) is 0 Å². The van der Waals surface area contributed by atoms with Crippen molar-refractivity contribution in [3.63, 3.8) is 0 Å². The van der Waals surface area contributed by atoms with E-state index >= 15 is 0 Å². The summed E-state index contributed by atoms with van der Waals surface area (Å²) in [5.41, 5.74) is 1.83. The first-order valence-electron chi connectivity index (χ1n) is 7.85. The van der Waals surface area contributed by atoms with Gasteiger partial charge in [0.2, 0.25) is 5.82 Å². The molecule has 7 heteroatoms. The second kappa shape index (κ2) is 7.38. The third-order valence-corrected chi connectivity index (χ3v) is 4.28. The number of nitrogens with one attached hydrogen (secondary N) is 1. The molecule has 0 aliphatic carbocycles. The van der Waals surface area contributed by atoms with Crippen molar-refractivity contribution in [2.75, 3.05) is 38.6 Å². The van der Waals surface area contributed by atoms with Crippen LogP contribution in [0.5, 0.6) is 0 Å². The summed E-state index contributed by atoms with van der Waals surface area (Å²) in [5, 5.41) is 11.2. The lowest BCUT2D eigenvalue weighted by atomic mass is 10.2. The van der Waals surface area contributed by atoms with Gasteiger partial charge in [-0.1, -0.05) is 0 Å². The molecular formula is C16H24N6O. The van der Waals surface area contributed by atoms with Crippen LogP contribution in [0, 0.1) is 25.2 Å². The first-order chi connectivity index (χ1) is 10.9. The number of anilines is 1. The maximum atomic E-state index is 12.2. The van der Waals surface area contributed by atoms with Gasteiger partial charge in [-0.15, -0.1) is 0 Å². The van der Waals surface area contributed by atoms with Crippen molar-refractivity contribution in [3.05, 3.63) is 17.1 Å². The Bertz CT molecular complexity index is 622. The number of nitriles is 1. The van der Waals surface area contributed by atoms with Gasteiger partial charge in [0.05, 0.1) is 12.5 Å². The van der Waals surface area contributed by atoms with Crippen LogP contribution < -0.4 is 10.2 Å². The van der Waals surface area contributed by atoms with Gasteiger partial charge >= 0.3 is 0 Å². The topological polar surface area (TPSA) is 85.1 Å². The Hall–Kier alpha value is -2.20. The summed E-state index contributed by atoms with van der Waals surface area (Å²) < 4.78 is 0. The Kier molecular flexibility index (Phi) is 5.50. The second-order valence-electron chi connectivity index (χ2n) is 6.10. The molecular weight excluding hydrogens is 292 g/mol. The first-order valence-corrected chi connectivity index (χ1v) is 7.85. The smallest absolute Gasteiger partial charge is 0.289 e. The Balaban J connectivity index is 2.20. The zero-order valence-electron chi connectivity index (χ0n) is 14.3. The summed E-state index contributed by atoms with van der Waals surface area (Å²) in [5.74, 6) is 0.689. The van der Waals surface area contributed by atoms with Gasteiger partial charge in [-0.3, -0.25) is 4.79 Å². The van der Waals surface area contributed by atoms with Crippen molar-refractivity contribution in [1.29, 1.82) is 5.26 Å². The Labute approximate surface area is 137 Å². The Morgan fingerprint density at radius 2 is 2.17 bits per heavy atom. The van der Waals surface area contributed by atoms with Crippen LogP contribution in [-0.4, -0.2) is 60.5 Å². The van der Waals surface area contributed by atoms with Crippen LogP contribution >= 0.6 is 0 Å².